The zero-order valence-corrected chi connectivity index (χ0v) is 7.04. The molecule has 0 bridgehead atoms. The van der Waals surface area contributed by atoms with Crippen molar-refractivity contribution >= 4 is 11.9 Å². The second-order valence-electron chi connectivity index (χ2n) is 2.59. The van der Waals surface area contributed by atoms with Gasteiger partial charge in [0.25, 0.3) is 0 Å². The van der Waals surface area contributed by atoms with E-state index in [1.54, 1.807) is 7.05 Å². The van der Waals surface area contributed by atoms with Crippen LogP contribution in [0.3, 0.4) is 0 Å². The van der Waals surface area contributed by atoms with Gasteiger partial charge < -0.3 is 16.2 Å². The predicted molar refractivity (Wildman–Crippen MR) is 43.5 cm³/mol. The van der Waals surface area contributed by atoms with Gasteiger partial charge in [-0.15, -0.1) is 0 Å². The Morgan fingerprint density at radius 1 is 1.58 bits per heavy atom. The van der Waals surface area contributed by atoms with E-state index in [1.165, 1.54) is 0 Å². The number of carboxylic acids is 1. The summed E-state index contributed by atoms with van der Waals surface area (Å²) in [4.78, 5) is 20.6. The molecule has 0 spiro atoms. The van der Waals surface area contributed by atoms with Crippen molar-refractivity contribution in [3.8, 4) is 0 Å². The highest BCUT2D eigenvalue weighted by atomic mass is 16.4. The zero-order valence-electron chi connectivity index (χ0n) is 7.04. The summed E-state index contributed by atoms with van der Waals surface area (Å²) in [6.45, 7) is 0. The molecule has 0 aliphatic heterocycles. The van der Waals surface area contributed by atoms with Gasteiger partial charge in [-0.25, -0.2) is 0 Å². The van der Waals surface area contributed by atoms with E-state index >= 15 is 0 Å². The van der Waals surface area contributed by atoms with E-state index in [2.05, 4.69) is 5.32 Å². The minimum Gasteiger partial charge on any atom is -0.481 e. The molecule has 1 amide bonds. The second kappa shape index (κ2) is 5.54. The minimum atomic E-state index is -0.876. The molecule has 0 aromatic carbocycles. The largest absolute Gasteiger partial charge is 0.481 e. The van der Waals surface area contributed by atoms with Crippen molar-refractivity contribution in [2.45, 2.75) is 25.3 Å². The van der Waals surface area contributed by atoms with Crippen LogP contribution < -0.4 is 11.1 Å². The molecule has 0 aromatic heterocycles. The average molecular weight is 174 g/mol. The molecule has 0 heterocycles. The molecule has 4 N–H and O–H groups in total. The molecule has 0 fully saturated rings. The molecular formula is C7H14N2O3. The van der Waals surface area contributed by atoms with Crippen LogP contribution in [0.1, 0.15) is 19.3 Å². The Bertz CT molecular complexity index is 170. The van der Waals surface area contributed by atoms with Gasteiger partial charge in [0.05, 0.1) is 6.42 Å². The normalized spacial score (nSPS) is 12.4. The number of amides is 1. The van der Waals surface area contributed by atoms with E-state index < -0.39 is 11.9 Å². The van der Waals surface area contributed by atoms with Gasteiger partial charge in [-0.2, -0.15) is 0 Å². The number of nitrogens with one attached hydrogen (secondary N) is 1. The van der Waals surface area contributed by atoms with Gasteiger partial charge >= 0.3 is 5.97 Å². The van der Waals surface area contributed by atoms with E-state index in [0.29, 0.717) is 6.42 Å². The van der Waals surface area contributed by atoms with E-state index in [1.807, 2.05) is 0 Å². The third kappa shape index (κ3) is 5.67. The molecule has 0 unspecified atom stereocenters. The first-order valence-corrected chi connectivity index (χ1v) is 3.73. The van der Waals surface area contributed by atoms with Crippen LogP contribution in [-0.4, -0.2) is 30.1 Å². The number of hydrogen-bond donors (Lipinski definition) is 3. The van der Waals surface area contributed by atoms with Crippen molar-refractivity contribution in [2.75, 3.05) is 7.05 Å². The van der Waals surface area contributed by atoms with Gasteiger partial charge in [-0.3, -0.25) is 9.59 Å². The highest BCUT2D eigenvalue weighted by molar-refractivity contribution is 5.74. The van der Waals surface area contributed by atoms with E-state index in [4.69, 9.17) is 10.8 Å². The van der Waals surface area contributed by atoms with Crippen LogP contribution in [0.2, 0.25) is 0 Å². The molecule has 70 valence electrons. The summed E-state index contributed by atoms with van der Waals surface area (Å²) in [5.74, 6) is -1.28. The van der Waals surface area contributed by atoms with Crippen LogP contribution in [0, 0.1) is 0 Å². The van der Waals surface area contributed by atoms with Crippen LogP contribution in [0.4, 0.5) is 0 Å². The molecular weight excluding hydrogens is 160 g/mol. The van der Waals surface area contributed by atoms with Crippen molar-refractivity contribution in [3.05, 3.63) is 0 Å². The van der Waals surface area contributed by atoms with Crippen molar-refractivity contribution in [2.24, 2.45) is 5.73 Å². The second-order valence-corrected chi connectivity index (χ2v) is 2.59. The first-order chi connectivity index (χ1) is 5.56. The number of carboxylic acid groups (broad SMARTS) is 1. The number of nitrogens with two attached hydrogens (primary N) is 1. The summed E-state index contributed by atoms with van der Waals surface area (Å²) >= 11 is 0. The summed E-state index contributed by atoms with van der Waals surface area (Å²) in [5, 5.41) is 11.2. The standard InChI is InChI=1S/C7H14N2O3/c1-9-5(4-7(11)12)2-3-6(8)10/h5,9H,2-4H2,1H3,(H2,8,10)(H,11,12)/t5-/m0/s1. The van der Waals surface area contributed by atoms with Crippen LogP contribution in [0.25, 0.3) is 0 Å². The highest BCUT2D eigenvalue weighted by Gasteiger charge is 2.11. The van der Waals surface area contributed by atoms with Crippen molar-refractivity contribution in [1.82, 2.24) is 5.32 Å². The van der Waals surface area contributed by atoms with E-state index in [9.17, 15) is 9.59 Å². The maximum absolute atomic E-state index is 10.4. The number of carbonyl (C=O) groups excluding carboxylic acids is 1. The van der Waals surface area contributed by atoms with E-state index in [-0.39, 0.29) is 18.9 Å². The smallest absolute Gasteiger partial charge is 0.304 e. The summed E-state index contributed by atoms with van der Waals surface area (Å²) in [6, 6.07) is -0.171. The number of primary amides is 1. The zero-order chi connectivity index (χ0) is 9.56. The van der Waals surface area contributed by atoms with Gasteiger partial charge in [0.1, 0.15) is 0 Å². The first kappa shape index (κ1) is 10.9. The highest BCUT2D eigenvalue weighted by Crippen LogP contribution is 2.00. The van der Waals surface area contributed by atoms with Crippen molar-refractivity contribution < 1.29 is 14.7 Å². The maximum Gasteiger partial charge on any atom is 0.304 e. The number of carbonyl (C=O) groups is 2. The summed E-state index contributed by atoms with van der Waals surface area (Å²) in [6.07, 6.45) is 0.709. The molecule has 5 heteroatoms. The van der Waals surface area contributed by atoms with Gasteiger partial charge in [0.15, 0.2) is 0 Å². The lowest BCUT2D eigenvalue weighted by molar-refractivity contribution is -0.137. The molecule has 0 saturated heterocycles. The van der Waals surface area contributed by atoms with Crippen LogP contribution in [0.15, 0.2) is 0 Å². The number of aliphatic carboxylic acids is 1. The molecule has 0 aliphatic carbocycles. The summed E-state index contributed by atoms with van der Waals surface area (Å²) in [7, 11) is 1.66. The van der Waals surface area contributed by atoms with Crippen LogP contribution >= 0.6 is 0 Å². The molecule has 1 atom stereocenters. The molecule has 0 radical (unpaired) electrons. The Labute approximate surface area is 70.9 Å². The Morgan fingerprint density at radius 3 is 2.50 bits per heavy atom. The Morgan fingerprint density at radius 2 is 2.17 bits per heavy atom. The molecule has 12 heavy (non-hydrogen) atoms. The van der Waals surface area contributed by atoms with Crippen LogP contribution in [0.5, 0.6) is 0 Å². The van der Waals surface area contributed by atoms with Crippen molar-refractivity contribution in [1.29, 1.82) is 0 Å². The fourth-order valence-corrected chi connectivity index (χ4v) is 0.876. The summed E-state index contributed by atoms with van der Waals surface area (Å²) in [5.41, 5.74) is 4.91. The lowest BCUT2D eigenvalue weighted by atomic mass is 10.1. The van der Waals surface area contributed by atoms with Gasteiger partial charge in [-0.05, 0) is 13.5 Å². The Kier molecular flexibility index (Phi) is 5.03. The Balaban J connectivity index is 3.67. The first-order valence-electron chi connectivity index (χ1n) is 3.73. The molecule has 0 aliphatic rings. The predicted octanol–water partition coefficient (Wildman–Crippen LogP) is -0.685. The van der Waals surface area contributed by atoms with Crippen molar-refractivity contribution in [3.63, 3.8) is 0 Å². The lowest BCUT2D eigenvalue weighted by Crippen LogP contribution is -2.29. The van der Waals surface area contributed by atoms with Crippen LogP contribution in [-0.2, 0) is 9.59 Å². The minimum absolute atomic E-state index is 0.0176. The maximum atomic E-state index is 10.4. The average Bonchev–Trinajstić information content (AvgIpc) is 1.97. The molecule has 0 rings (SSSR count). The fourth-order valence-electron chi connectivity index (χ4n) is 0.876. The third-order valence-corrected chi connectivity index (χ3v) is 1.57. The fraction of sp³-hybridized carbons (Fsp3) is 0.714. The number of rotatable bonds is 6. The van der Waals surface area contributed by atoms with Gasteiger partial charge in [0.2, 0.25) is 5.91 Å². The molecule has 0 aromatic rings. The SMILES string of the molecule is CN[C@@H](CCC(N)=O)CC(=O)O. The van der Waals surface area contributed by atoms with Gasteiger partial charge in [-0.1, -0.05) is 0 Å². The lowest BCUT2D eigenvalue weighted by Gasteiger charge is -2.11. The summed E-state index contributed by atoms with van der Waals surface area (Å²) < 4.78 is 0. The third-order valence-electron chi connectivity index (χ3n) is 1.57. The van der Waals surface area contributed by atoms with Gasteiger partial charge in [0, 0.05) is 12.5 Å². The van der Waals surface area contributed by atoms with E-state index in [0.717, 1.165) is 0 Å². The number of hydrogen-bond acceptors (Lipinski definition) is 3. The molecule has 0 saturated carbocycles. The Hall–Kier alpha value is -1.10. The monoisotopic (exact) mass is 174 g/mol. The topological polar surface area (TPSA) is 92.4 Å². The quantitative estimate of drug-likeness (QED) is 0.497. The molecule has 5 nitrogen and oxygen atoms in total.